The Kier molecular flexibility index (Phi) is 4.32. The number of ether oxygens (including phenoxy) is 1. The number of nitrogens with zero attached hydrogens (tertiary/aromatic N) is 3. The molecule has 0 bridgehead atoms. The van der Waals surface area contributed by atoms with Crippen molar-refractivity contribution in [2.45, 2.75) is 50.9 Å². The van der Waals surface area contributed by atoms with Gasteiger partial charge in [-0.1, -0.05) is 60.7 Å². The summed E-state index contributed by atoms with van der Waals surface area (Å²) >= 11 is 0. The Morgan fingerprint density at radius 1 is 0.935 bits per heavy atom. The van der Waals surface area contributed by atoms with Crippen LogP contribution < -0.4 is 4.74 Å². The lowest BCUT2D eigenvalue weighted by molar-refractivity contribution is -0.152. The molecular weight excluding hydrogens is 382 g/mol. The normalized spacial score (nSPS) is 22.4. The molecule has 1 spiro atoms. The third-order valence-electron chi connectivity index (χ3n) is 7.32. The first-order valence-electron chi connectivity index (χ1n) is 11.5. The Bertz CT molecular complexity index is 1150. The van der Waals surface area contributed by atoms with Crippen molar-refractivity contribution < 1.29 is 4.74 Å². The van der Waals surface area contributed by atoms with Gasteiger partial charge in [-0.05, 0) is 30.7 Å². The van der Waals surface area contributed by atoms with E-state index in [2.05, 4.69) is 90.5 Å². The largest absolute Gasteiger partial charge is 0.466 e. The molecule has 3 aromatic carbocycles. The van der Waals surface area contributed by atoms with E-state index in [1.807, 2.05) is 0 Å². The number of hydrazone groups is 1. The zero-order valence-electron chi connectivity index (χ0n) is 18.3. The third-order valence-corrected chi connectivity index (χ3v) is 7.32. The van der Waals surface area contributed by atoms with Gasteiger partial charge in [0.25, 0.3) is 0 Å². The summed E-state index contributed by atoms with van der Waals surface area (Å²) in [5.74, 6) is 1.04. The summed E-state index contributed by atoms with van der Waals surface area (Å²) in [6.07, 6.45) is 2.87. The van der Waals surface area contributed by atoms with Crippen LogP contribution in [0.15, 0.2) is 71.8 Å². The second-order valence-corrected chi connectivity index (χ2v) is 9.35. The minimum Gasteiger partial charge on any atom is -0.466 e. The first-order valence-corrected chi connectivity index (χ1v) is 11.5. The number of rotatable bonds is 2. The fraction of sp³-hybridized carbons (Fsp3) is 0.370. The van der Waals surface area contributed by atoms with Crippen molar-refractivity contribution in [2.75, 3.05) is 13.1 Å². The van der Waals surface area contributed by atoms with Gasteiger partial charge in [0.15, 0.2) is 0 Å². The number of hydrogen-bond acceptors (Lipinski definition) is 4. The van der Waals surface area contributed by atoms with Crippen LogP contribution in [-0.4, -0.2) is 40.5 Å². The number of hydrogen-bond donors (Lipinski definition) is 0. The van der Waals surface area contributed by atoms with Gasteiger partial charge in [-0.2, -0.15) is 5.10 Å². The van der Waals surface area contributed by atoms with Crippen LogP contribution in [0.1, 0.15) is 50.3 Å². The summed E-state index contributed by atoms with van der Waals surface area (Å²) in [6, 6.07) is 24.6. The van der Waals surface area contributed by atoms with Gasteiger partial charge in [-0.25, -0.2) is 5.01 Å². The van der Waals surface area contributed by atoms with Gasteiger partial charge in [0.1, 0.15) is 5.75 Å². The molecule has 31 heavy (non-hydrogen) atoms. The van der Waals surface area contributed by atoms with Gasteiger partial charge in [0.2, 0.25) is 5.72 Å². The van der Waals surface area contributed by atoms with Gasteiger partial charge in [-0.3, -0.25) is 0 Å². The molecule has 6 rings (SSSR count). The molecule has 0 saturated carbocycles. The Hall–Kier alpha value is -2.85. The SMILES string of the molecule is CC(C)N1CCC2(CC1)Oc1ccccc1[C@H]1CC(c3cccc4ccccc34)=NN12. The zero-order chi connectivity index (χ0) is 21.0. The Labute approximate surface area is 184 Å². The van der Waals surface area contributed by atoms with E-state index in [1.54, 1.807) is 0 Å². The quantitative estimate of drug-likeness (QED) is 0.551. The second kappa shape index (κ2) is 7.10. The molecule has 0 aliphatic carbocycles. The van der Waals surface area contributed by atoms with Crippen LogP contribution in [0.3, 0.4) is 0 Å². The molecule has 4 nitrogen and oxygen atoms in total. The van der Waals surface area contributed by atoms with Crippen molar-refractivity contribution in [1.82, 2.24) is 9.91 Å². The van der Waals surface area contributed by atoms with Gasteiger partial charge in [0, 0.05) is 49.5 Å². The summed E-state index contributed by atoms with van der Waals surface area (Å²) in [7, 11) is 0. The van der Waals surface area contributed by atoms with Gasteiger partial charge >= 0.3 is 0 Å². The molecule has 1 saturated heterocycles. The van der Waals surface area contributed by atoms with Crippen molar-refractivity contribution >= 4 is 16.5 Å². The minimum atomic E-state index is -0.350. The molecule has 3 heterocycles. The fourth-order valence-electron chi connectivity index (χ4n) is 5.59. The standard InChI is InChI=1S/C27H29N3O/c1-19(2)29-16-14-27(15-17-29)30-25(23-11-5-6-13-26(23)31-27)18-24(28-30)22-12-7-9-20-8-3-4-10-21(20)22/h3-13,19,25H,14-18H2,1-2H3/t25-/m1/s1. The van der Waals surface area contributed by atoms with Gasteiger partial charge in [0.05, 0.1) is 11.8 Å². The molecule has 1 fully saturated rings. The smallest absolute Gasteiger partial charge is 0.200 e. The fourth-order valence-corrected chi connectivity index (χ4v) is 5.59. The lowest BCUT2D eigenvalue weighted by atomic mass is 9.90. The number of piperidine rings is 1. The maximum Gasteiger partial charge on any atom is 0.200 e. The van der Waals surface area contributed by atoms with Crippen molar-refractivity contribution in [2.24, 2.45) is 5.10 Å². The molecule has 1 atom stereocenters. The maximum atomic E-state index is 6.77. The lowest BCUT2D eigenvalue weighted by Gasteiger charge is -2.51. The van der Waals surface area contributed by atoms with Crippen molar-refractivity contribution in [3.63, 3.8) is 0 Å². The van der Waals surface area contributed by atoms with Crippen molar-refractivity contribution in [1.29, 1.82) is 0 Å². The van der Waals surface area contributed by atoms with E-state index in [0.717, 1.165) is 38.1 Å². The molecule has 0 amide bonds. The van der Waals surface area contributed by atoms with E-state index in [9.17, 15) is 0 Å². The predicted molar refractivity (Wildman–Crippen MR) is 125 cm³/mol. The van der Waals surface area contributed by atoms with Crippen LogP contribution in [-0.2, 0) is 0 Å². The Morgan fingerprint density at radius 3 is 2.52 bits per heavy atom. The summed E-state index contributed by atoms with van der Waals surface area (Å²) in [6.45, 7) is 6.65. The zero-order valence-corrected chi connectivity index (χ0v) is 18.3. The third kappa shape index (κ3) is 2.96. The molecule has 4 heteroatoms. The van der Waals surface area contributed by atoms with Crippen LogP contribution in [0.25, 0.3) is 10.8 Å². The highest BCUT2D eigenvalue weighted by Gasteiger charge is 2.51. The maximum absolute atomic E-state index is 6.77. The molecular formula is C27H29N3O. The Balaban J connectivity index is 1.44. The average Bonchev–Trinajstić information content (AvgIpc) is 3.26. The van der Waals surface area contributed by atoms with Gasteiger partial charge < -0.3 is 9.64 Å². The molecule has 3 aliphatic rings. The van der Waals surface area contributed by atoms with E-state index in [-0.39, 0.29) is 11.8 Å². The summed E-state index contributed by atoms with van der Waals surface area (Å²) < 4.78 is 6.77. The first-order chi connectivity index (χ1) is 15.1. The highest BCUT2D eigenvalue weighted by atomic mass is 16.5. The Morgan fingerprint density at radius 2 is 1.68 bits per heavy atom. The number of fused-ring (bicyclic) bond motifs is 5. The van der Waals surface area contributed by atoms with Gasteiger partial charge in [-0.15, -0.1) is 0 Å². The topological polar surface area (TPSA) is 28.1 Å². The molecule has 0 unspecified atom stereocenters. The first kappa shape index (κ1) is 18.9. The molecule has 158 valence electrons. The number of para-hydroxylation sites is 1. The van der Waals surface area contributed by atoms with E-state index in [1.165, 1.54) is 27.6 Å². The average molecular weight is 412 g/mol. The van der Waals surface area contributed by atoms with Crippen molar-refractivity contribution in [3.8, 4) is 5.75 Å². The van der Waals surface area contributed by atoms with Crippen LogP contribution in [0.5, 0.6) is 5.75 Å². The monoisotopic (exact) mass is 411 g/mol. The highest BCUT2D eigenvalue weighted by Crippen LogP contribution is 2.50. The van der Waals surface area contributed by atoms with Crippen LogP contribution in [0.4, 0.5) is 0 Å². The molecule has 0 aromatic heterocycles. The summed E-state index contributed by atoms with van der Waals surface area (Å²) in [4.78, 5) is 2.55. The summed E-state index contributed by atoms with van der Waals surface area (Å²) in [5.41, 5.74) is 3.34. The van der Waals surface area contributed by atoms with E-state index in [4.69, 9.17) is 9.84 Å². The van der Waals surface area contributed by atoms with Crippen LogP contribution in [0.2, 0.25) is 0 Å². The number of benzene rings is 3. The van der Waals surface area contributed by atoms with E-state index >= 15 is 0 Å². The number of likely N-dealkylation sites (tertiary alicyclic amines) is 1. The molecule has 3 aliphatic heterocycles. The summed E-state index contributed by atoms with van der Waals surface area (Å²) in [5, 5.41) is 10.2. The second-order valence-electron chi connectivity index (χ2n) is 9.35. The molecule has 3 aromatic rings. The molecule has 0 N–H and O–H groups in total. The minimum absolute atomic E-state index is 0.240. The predicted octanol–water partition coefficient (Wildman–Crippen LogP) is 5.58. The van der Waals surface area contributed by atoms with Crippen LogP contribution >= 0.6 is 0 Å². The lowest BCUT2D eigenvalue weighted by Crippen LogP contribution is -2.59. The van der Waals surface area contributed by atoms with Crippen molar-refractivity contribution in [3.05, 3.63) is 77.9 Å². The van der Waals surface area contributed by atoms with Crippen LogP contribution in [0, 0.1) is 0 Å². The highest BCUT2D eigenvalue weighted by molar-refractivity contribution is 6.11. The van der Waals surface area contributed by atoms with E-state index in [0.29, 0.717) is 6.04 Å². The molecule has 0 radical (unpaired) electrons. The van der Waals surface area contributed by atoms with E-state index < -0.39 is 0 Å².